The summed E-state index contributed by atoms with van der Waals surface area (Å²) in [6, 6.07) is 1.43. The van der Waals surface area contributed by atoms with Crippen molar-refractivity contribution in [2.24, 2.45) is 0 Å². The van der Waals surface area contributed by atoms with Gasteiger partial charge in [0.25, 0.3) is 15.0 Å². The number of rotatable bonds is 8. The normalized spacial score (nSPS) is 13.1. The molecule has 0 saturated carbocycles. The second-order valence-corrected chi connectivity index (χ2v) is 8.98. The molecule has 0 aromatic carbocycles. The van der Waals surface area contributed by atoms with Crippen LogP contribution in [0.3, 0.4) is 0 Å². The molecule has 1 aromatic heterocycles. The van der Waals surface area contributed by atoms with E-state index in [9.17, 15) is 13.2 Å². The van der Waals surface area contributed by atoms with Crippen LogP contribution in [0.15, 0.2) is 11.0 Å². The van der Waals surface area contributed by atoms with Gasteiger partial charge in [0, 0.05) is 21.6 Å². The fraction of sp³-hybridized carbons (Fsp3) is 0.643. The van der Waals surface area contributed by atoms with Crippen molar-refractivity contribution in [3.63, 3.8) is 0 Å². The lowest BCUT2D eigenvalue weighted by molar-refractivity contribution is 0.0942. The van der Waals surface area contributed by atoms with Crippen molar-refractivity contribution in [2.45, 2.75) is 63.8 Å². The lowest BCUT2D eigenvalue weighted by Crippen LogP contribution is -2.31. The van der Waals surface area contributed by atoms with Gasteiger partial charge in [-0.05, 0) is 26.3 Å². The van der Waals surface area contributed by atoms with Crippen LogP contribution in [0.2, 0.25) is 0 Å². The van der Waals surface area contributed by atoms with Gasteiger partial charge in [0.1, 0.15) is 0 Å². The van der Waals surface area contributed by atoms with E-state index in [1.165, 1.54) is 25.3 Å². The van der Waals surface area contributed by atoms with Crippen LogP contribution in [0.5, 0.6) is 0 Å². The molecule has 1 N–H and O–H groups in total. The molecule has 7 heteroatoms. The van der Waals surface area contributed by atoms with E-state index in [-0.39, 0.29) is 16.8 Å². The third-order valence-electron chi connectivity index (χ3n) is 3.23. The van der Waals surface area contributed by atoms with Gasteiger partial charge >= 0.3 is 0 Å². The summed E-state index contributed by atoms with van der Waals surface area (Å²) >= 11 is 1.15. The van der Waals surface area contributed by atoms with Crippen LogP contribution in [0.25, 0.3) is 0 Å². The van der Waals surface area contributed by atoms with Crippen molar-refractivity contribution < 1.29 is 13.2 Å². The van der Waals surface area contributed by atoms with Gasteiger partial charge in [-0.1, -0.05) is 32.6 Å². The Labute approximate surface area is 135 Å². The van der Waals surface area contributed by atoms with Crippen LogP contribution in [0.1, 0.15) is 60.5 Å². The van der Waals surface area contributed by atoms with Gasteiger partial charge in [-0.3, -0.25) is 4.79 Å². The quantitative estimate of drug-likeness (QED) is 0.567. The van der Waals surface area contributed by atoms with Crippen molar-refractivity contribution in [3.05, 3.63) is 15.8 Å². The topological polar surface area (TPSA) is 63.2 Å². The molecule has 0 saturated heterocycles. The van der Waals surface area contributed by atoms with E-state index in [1.807, 2.05) is 6.92 Å². The Morgan fingerprint density at radius 3 is 2.57 bits per heavy atom. The maximum atomic E-state index is 12.1. The number of carbonyl (C=O) groups is 1. The van der Waals surface area contributed by atoms with Crippen LogP contribution in [0.4, 0.5) is 0 Å². The van der Waals surface area contributed by atoms with E-state index < -0.39 is 9.05 Å². The molecule has 21 heavy (non-hydrogen) atoms. The molecule has 1 atom stereocenters. The summed E-state index contributed by atoms with van der Waals surface area (Å²) < 4.78 is 22.7. The first-order chi connectivity index (χ1) is 9.75. The summed E-state index contributed by atoms with van der Waals surface area (Å²) in [5.41, 5.74) is 0. The Morgan fingerprint density at radius 1 is 1.38 bits per heavy atom. The van der Waals surface area contributed by atoms with Crippen molar-refractivity contribution in [3.8, 4) is 0 Å². The Morgan fingerprint density at radius 2 is 2.05 bits per heavy atom. The molecular weight excluding hydrogens is 330 g/mol. The second-order valence-electron chi connectivity index (χ2n) is 5.19. The zero-order chi connectivity index (χ0) is 16.0. The molecule has 1 rings (SSSR count). The molecule has 0 aliphatic carbocycles. The molecular formula is C14H22ClNO3S2. The van der Waals surface area contributed by atoms with Crippen molar-refractivity contribution in [1.82, 2.24) is 5.32 Å². The minimum atomic E-state index is -3.79. The monoisotopic (exact) mass is 351 g/mol. The zero-order valence-corrected chi connectivity index (χ0v) is 15.0. The van der Waals surface area contributed by atoms with Gasteiger partial charge in [0.05, 0.1) is 9.77 Å². The summed E-state index contributed by atoms with van der Waals surface area (Å²) in [4.78, 5) is 13.0. The third-order valence-corrected chi connectivity index (χ3v) is 5.85. The lowest BCUT2D eigenvalue weighted by atomic mass is 10.1. The number of nitrogens with one attached hydrogen (secondary N) is 1. The Balaban J connectivity index is 2.60. The predicted octanol–water partition coefficient (Wildman–Crippen LogP) is 4.07. The average molecular weight is 352 g/mol. The molecule has 4 nitrogen and oxygen atoms in total. The summed E-state index contributed by atoms with van der Waals surface area (Å²) in [5, 5.41) is 2.90. The van der Waals surface area contributed by atoms with Gasteiger partial charge in [-0.2, -0.15) is 0 Å². The third kappa shape index (κ3) is 5.96. The minimum Gasteiger partial charge on any atom is -0.349 e. The fourth-order valence-electron chi connectivity index (χ4n) is 2.06. The van der Waals surface area contributed by atoms with Crippen LogP contribution in [0, 0.1) is 6.92 Å². The first-order valence-corrected chi connectivity index (χ1v) is 10.2. The Bertz CT molecular complexity index is 581. The smallest absolute Gasteiger partial charge is 0.262 e. The number of aryl methyl sites for hydroxylation is 1. The standard InChI is InChI=1S/C14H22ClNO3S2/c1-4-5-6-7-8-10(2)16-14(17)12-9-13(11(3)20-12)21(15,18)19/h9-10H,4-8H2,1-3H3,(H,16,17). The summed E-state index contributed by atoms with van der Waals surface area (Å²) in [7, 11) is 1.54. The number of thiophene rings is 1. The molecule has 0 spiro atoms. The molecule has 0 radical (unpaired) electrons. The zero-order valence-electron chi connectivity index (χ0n) is 12.6. The highest BCUT2D eigenvalue weighted by molar-refractivity contribution is 8.13. The van der Waals surface area contributed by atoms with Gasteiger partial charge in [0.15, 0.2) is 0 Å². The van der Waals surface area contributed by atoms with E-state index in [4.69, 9.17) is 10.7 Å². The molecule has 0 aliphatic heterocycles. The van der Waals surface area contributed by atoms with Crippen LogP contribution in [-0.2, 0) is 9.05 Å². The number of carbonyl (C=O) groups excluding carboxylic acids is 1. The van der Waals surface area contributed by atoms with E-state index in [0.29, 0.717) is 9.75 Å². The molecule has 1 unspecified atom stereocenters. The number of hydrogen-bond acceptors (Lipinski definition) is 4. The largest absolute Gasteiger partial charge is 0.349 e. The highest BCUT2D eigenvalue weighted by atomic mass is 35.7. The number of hydrogen-bond donors (Lipinski definition) is 1. The van der Waals surface area contributed by atoms with Crippen molar-refractivity contribution >= 4 is 37.0 Å². The maximum Gasteiger partial charge on any atom is 0.262 e. The fourth-order valence-corrected chi connectivity index (χ4v) is 4.63. The molecule has 120 valence electrons. The van der Waals surface area contributed by atoms with Gasteiger partial charge in [-0.25, -0.2) is 8.42 Å². The summed E-state index contributed by atoms with van der Waals surface area (Å²) in [5.74, 6) is -0.238. The summed E-state index contributed by atoms with van der Waals surface area (Å²) in [6.45, 7) is 5.77. The number of unbranched alkanes of at least 4 members (excludes halogenated alkanes) is 3. The van der Waals surface area contributed by atoms with E-state index in [1.54, 1.807) is 6.92 Å². The van der Waals surface area contributed by atoms with Crippen molar-refractivity contribution in [2.75, 3.05) is 0 Å². The lowest BCUT2D eigenvalue weighted by Gasteiger charge is -2.12. The van der Waals surface area contributed by atoms with E-state index in [2.05, 4.69) is 12.2 Å². The first-order valence-electron chi connectivity index (χ1n) is 7.11. The Kier molecular flexibility index (Phi) is 7.16. The molecule has 1 heterocycles. The van der Waals surface area contributed by atoms with Gasteiger partial charge in [0.2, 0.25) is 0 Å². The SMILES string of the molecule is CCCCCCC(C)NC(=O)c1cc(S(=O)(=O)Cl)c(C)s1. The van der Waals surface area contributed by atoms with Gasteiger partial charge in [-0.15, -0.1) is 11.3 Å². The predicted molar refractivity (Wildman–Crippen MR) is 87.8 cm³/mol. The highest BCUT2D eigenvalue weighted by Crippen LogP contribution is 2.28. The molecule has 1 aromatic rings. The summed E-state index contributed by atoms with van der Waals surface area (Å²) in [6.07, 6.45) is 5.58. The number of halogens is 1. The van der Waals surface area contributed by atoms with Crippen LogP contribution < -0.4 is 5.32 Å². The highest BCUT2D eigenvalue weighted by Gasteiger charge is 2.20. The minimum absolute atomic E-state index is 0.0231. The van der Waals surface area contributed by atoms with Crippen molar-refractivity contribution in [1.29, 1.82) is 0 Å². The molecule has 0 bridgehead atoms. The molecule has 1 amide bonds. The average Bonchev–Trinajstić information content (AvgIpc) is 2.77. The van der Waals surface area contributed by atoms with Gasteiger partial charge < -0.3 is 5.32 Å². The van der Waals surface area contributed by atoms with E-state index >= 15 is 0 Å². The van der Waals surface area contributed by atoms with Crippen LogP contribution in [-0.4, -0.2) is 20.4 Å². The van der Waals surface area contributed by atoms with E-state index in [0.717, 1.165) is 24.2 Å². The molecule has 0 aliphatic rings. The Hall–Kier alpha value is -0.590. The number of amides is 1. The first kappa shape index (κ1) is 18.5. The van der Waals surface area contributed by atoms with Crippen LogP contribution >= 0.6 is 22.0 Å². The molecule has 0 fully saturated rings. The second kappa shape index (κ2) is 8.15. The maximum absolute atomic E-state index is 12.1.